The molecule has 7 rings (SSSR count). The van der Waals surface area contributed by atoms with Crippen LogP contribution in [0.25, 0.3) is 55.6 Å². The number of nitrogens with zero attached hydrogens (tertiary/aromatic N) is 4. The molecule has 0 amide bonds. The van der Waals surface area contributed by atoms with Crippen molar-refractivity contribution in [2.45, 2.75) is 19.6 Å². The lowest BCUT2D eigenvalue weighted by atomic mass is 10.0. The minimum Gasteiger partial charge on any atom is -0.352 e. The van der Waals surface area contributed by atoms with Crippen LogP contribution >= 0.6 is 0 Å². The van der Waals surface area contributed by atoms with Gasteiger partial charge < -0.3 is 10.3 Å². The quantitative estimate of drug-likeness (QED) is 0.151. The van der Waals surface area contributed by atoms with Crippen LogP contribution in [-0.2, 0) is 29.7 Å². The smallest absolute Gasteiger partial charge is 0.209 e. The molecule has 10 nitrogen and oxygen atoms in total. The summed E-state index contributed by atoms with van der Waals surface area (Å²) in [6.45, 7) is 1.41. The molecule has 0 spiro atoms. The number of hydrogen-bond acceptors (Lipinski definition) is 7. The number of aromatic nitrogens is 6. The van der Waals surface area contributed by atoms with Crippen molar-refractivity contribution in [3.8, 4) is 33.6 Å². The number of fused-ring (bicyclic) bond motifs is 2. The van der Waals surface area contributed by atoms with Gasteiger partial charge in [0.05, 0.1) is 23.7 Å². The fraction of sp³-hybridized carbons (Fsp3) is 0.118. The predicted molar refractivity (Wildman–Crippen MR) is 176 cm³/mol. The van der Waals surface area contributed by atoms with E-state index in [9.17, 15) is 12.8 Å². The molecule has 0 radical (unpaired) electrons. The van der Waals surface area contributed by atoms with E-state index in [0.29, 0.717) is 34.6 Å². The van der Waals surface area contributed by atoms with Crippen molar-refractivity contribution in [2.75, 3.05) is 6.26 Å². The molecule has 0 aliphatic carbocycles. The van der Waals surface area contributed by atoms with Gasteiger partial charge in [-0.3, -0.25) is 15.1 Å². The molecular formula is C34H29FN8O2S. The lowest BCUT2D eigenvalue weighted by molar-refractivity contribution is 0.586. The van der Waals surface area contributed by atoms with Crippen molar-refractivity contribution in [2.24, 2.45) is 0 Å². The van der Waals surface area contributed by atoms with Crippen LogP contribution in [0.1, 0.15) is 16.7 Å². The second-order valence-electron chi connectivity index (χ2n) is 11.1. The number of benzene rings is 2. The molecule has 2 aromatic carbocycles. The summed E-state index contributed by atoms with van der Waals surface area (Å²) in [6, 6.07) is 20.8. The van der Waals surface area contributed by atoms with E-state index in [1.165, 1.54) is 17.7 Å². The monoisotopic (exact) mass is 632 g/mol. The number of H-pyrrole nitrogens is 2. The molecule has 0 unspecified atom stereocenters. The van der Waals surface area contributed by atoms with Gasteiger partial charge in [0.2, 0.25) is 10.0 Å². The maximum absolute atomic E-state index is 14.6. The van der Waals surface area contributed by atoms with E-state index in [1.807, 2.05) is 42.7 Å². The molecular weight excluding hydrogens is 603 g/mol. The zero-order valence-electron chi connectivity index (χ0n) is 24.8. The van der Waals surface area contributed by atoms with E-state index in [-0.39, 0.29) is 6.54 Å². The van der Waals surface area contributed by atoms with E-state index in [0.717, 1.165) is 51.5 Å². The van der Waals surface area contributed by atoms with Crippen molar-refractivity contribution in [1.29, 1.82) is 0 Å². The Bertz CT molecular complexity index is 2300. The van der Waals surface area contributed by atoms with Crippen LogP contribution in [0.2, 0.25) is 0 Å². The van der Waals surface area contributed by atoms with E-state index in [1.54, 1.807) is 24.7 Å². The van der Waals surface area contributed by atoms with Crippen molar-refractivity contribution in [1.82, 2.24) is 40.2 Å². The first kappa shape index (κ1) is 29.4. The van der Waals surface area contributed by atoms with Crippen molar-refractivity contribution in [3.05, 3.63) is 120 Å². The third kappa shape index (κ3) is 6.40. The summed E-state index contributed by atoms with van der Waals surface area (Å²) in [5, 5.41) is 12.7. The first-order valence-corrected chi connectivity index (χ1v) is 16.4. The molecule has 0 aliphatic heterocycles. The predicted octanol–water partition coefficient (Wildman–Crippen LogP) is 5.71. The van der Waals surface area contributed by atoms with Gasteiger partial charge in [-0.1, -0.05) is 30.3 Å². The first-order chi connectivity index (χ1) is 22.3. The SMILES string of the molecule is CS(=O)(=O)NCc1cc(F)cc(-c2cncc3[nH]c(-c4n[nH]c5ncc(-c6cncc(CNCc7ccccc7)c6)cc45)cc23)c1. The Hall–Kier alpha value is -5.30. The van der Waals surface area contributed by atoms with Crippen LogP contribution in [0, 0.1) is 5.82 Å². The van der Waals surface area contributed by atoms with Crippen molar-refractivity contribution >= 4 is 32.0 Å². The van der Waals surface area contributed by atoms with Crippen LogP contribution in [0.5, 0.6) is 0 Å². The number of nitrogens with one attached hydrogen (secondary N) is 4. The highest BCUT2D eigenvalue weighted by molar-refractivity contribution is 7.88. The standard InChI is InChI=1S/C34H29FN8O2S/c1-46(44,45)40-16-22-7-24(10-27(35)9-22)30-19-38-20-32-28(30)12-31(41-32)33-29-11-26(18-39-34(29)43-42-33)25-8-23(15-37-17-25)14-36-13-21-5-3-2-4-6-21/h2-12,15,17-20,36,40-41H,13-14,16H2,1H3,(H,39,42,43). The van der Waals surface area contributed by atoms with Crippen LogP contribution in [0.4, 0.5) is 4.39 Å². The van der Waals surface area contributed by atoms with E-state index >= 15 is 0 Å². The number of halogens is 1. The maximum atomic E-state index is 14.6. The summed E-state index contributed by atoms with van der Waals surface area (Å²) in [7, 11) is -3.43. The number of rotatable bonds is 10. The van der Waals surface area contributed by atoms with E-state index in [4.69, 9.17) is 0 Å². The molecule has 5 heterocycles. The van der Waals surface area contributed by atoms with Gasteiger partial charge in [0.1, 0.15) is 11.5 Å². The summed E-state index contributed by atoms with van der Waals surface area (Å²) < 4.78 is 40.2. The van der Waals surface area contributed by atoms with Crippen LogP contribution in [-0.4, -0.2) is 44.8 Å². The highest BCUT2D eigenvalue weighted by Crippen LogP contribution is 2.35. The second kappa shape index (κ2) is 12.2. The zero-order valence-corrected chi connectivity index (χ0v) is 25.6. The van der Waals surface area contributed by atoms with Gasteiger partial charge in [0.25, 0.3) is 0 Å². The fourth-order valence-corrected chi connectivity index (χ4v) is 5.92. The Morgan fingerprint density at radius 3 is 2.39 bits per heavy atom. The second-order valence-corrected chi connectivity index (χ2v) is 13.0. The minimum absolute atomic E-state index is 0.0252. The summed E-state index contributed by atoms with van der Waals surface area (Å²) in [5.74, 6) is -0.474. The van der Waals surface area contributed by atoms with Gasteiger partial charge in [0.15, 0.2) is 5.65 Å². The average molecular weight is 633 g/mol. The molecule has 12 heteroatoms. The molecule has 0 atom stereocenters. The largest absolute Gasteiger partial charge is 0.352 e. The minimum atomic E-state index is -3.43. The molecule has 7 aromatic rings. The van der Waals surface area contributed by atoms with Crippen LogP contribution in [0.3, 0.4) is 0 Å². The van der Waals surface area contributed by atoms with Crippen molar-refractivity contribution < 1.29 is 12.8 Å². The molecule has 0 saturated carbocycles. The number of hydrogen-bond donors (Lipinski definition) is 4. The zero-order chi connectivity index (χ0) is 31.7. The summed E-state index contributed by atoms with van der Waals surface area (Å²) in [6.07, 6.45) is 9.92. The van der Waals surface area contributed by atoms with Crippen molar-refractivity contribution in [3.63, 3.8) is 0 Å². The van der Waals surface area contributed by atoms with E-state index < -0.39 is 15.8 Å². The molecule has 46 heavy (non-hydrogen) atoms. The fourth-order valence-electron chi connectivity index (χ4n) is 5.49. The average Bonchev–Trinajstić information content (AvgIpc) is 3.68. The van der Waals surface area contributed by atoms with Crippen LogP contribution < -0.4 is 10.0 Å². The molecule has 0 fully saturated rings. The van der Waals surface area contributed by atoms with E-state index in [2.05, 4.69) is 58.4 Å². The van der Waals surface area contributed by atoms with Gasteiger partial charge in [-0.2, -0.15) is 5.10 Å². The maximum Gasteiger partial charge on any atom is 0.209 e. The Labute approximate surface area is 264 Å². The van der Waals surface area contributed by atoms with Crippen LogP contribution in [0.15, 0.2) is 97.7 Å². The van der Waals surface area contributed by atoms with Gasteiger partial charge in [-0.05, 0) is 58.7 Å². The number of aromatic amines is 2. The summed E-state index contributed by atoms with van der Waals surface area (Å²) >= 11 is 0. The topological polar surface area (TPSA) is 141 Å². The van der Waals surface area contributed by atoms with Gasteiger partial charge >= 0.3 is 0 Å². The summed E-state index contributed by atoms with van der Waals surface area (Å²) in [4.78, 5) is 16.9. The van der Waals surface area contributed by atoms with Gasteiger partial charge in [-0.15, -0.1) is 0 Å². The molecule has 0 bridgehead atoms. The highest BCUT2D eigenvalue weighted by atomic mass is 32.2. The lowest BCUT2D eigenvalue weighted by Gasteiger charge is -2.08. The Balaban J connectivity index is 1.19. The third-order valence-electron chi connectivity index (χ3n) is 7.65. The first-order valence-electron chi connectivity index (χ1n) is 14.5. The number of pyridine rings is 3. The molecule has 5 aromatic heterocycles. The molecule has 0 aliphatic rings. The lowest BCUT2D eigenvalue weighted by Crippen LogP contribution is -2.21. The Morgan fingerprint density at radius 2 is 1.54 bits per heavy atom. The number of sulfonamides is 1. The Kier molecular flexibility index (Phi) is 7.83. The normalized spacial score (nSPS) is 11.9. The molecule has 0 saturated heterocycles. The molecule has 230 valence electrons. The van der Waals surface area contributed by atoms with Gasteiger partial charge in [0, 0.05) is 71.9 Å². The summed E-state index contributed by atoms with van der Waals surface area (Å²) in [5.41, 5.74) is 8.69. The van der Waals surface area contributed by atoms with Gasteiger partial charge in [-0.25, -0.2) is 22.5 Å². The third-order valence-corrected chi connectivity index (χ3v) is 8.32. The highest BCUT2D eigenvalue weighted by Gasteiger charge is 2.16. The molecule has 4 N–H and O–H groups in total. The Morgan fingerprint density at radius 1 is 0.761 bits per heavy atom.